The number of hydrogen-bond acceptors (Lipinski definition) is 3. The number of likely N-dealkylation sites (N-methyl/N-ethyl adjacent to an activating group) is 2. The number of rotatable bonds is 3. The van der Waals surface area contributed by atoms with Gasteiger partial charge in [-0.1, -0.05) is 23.2 Å². The first-order valence-electron chi connectivity index (χ1n) is 6.59. The van der Waals surface area contributed by atoms with Gasteiger partial charge in [-0.2, -0.15) is 0 Å². The zero-order chi connectivity index (χ0) is 14.0. The van der Waals surface area contributed by atoms with E-state index in [1.165, 1.54) is 19.4 Å². The van der Waals surface area contributed by atoms with Crippen LogP contribution in [0.5, 0.6) is 0 Å². The summed E-state index contributed by atoms with van der Waals surface area (Å²) in [6.07, 6.45) is 2.51. The van der Waals surface area contributed by atoms with E-state index in [1.54, 1.807) is 0 Å². The van der Waals surface area contributed by atoms with E-state index in [0.717, 1.165) is 18.7 Å². The van der Waals surface area contributed by atoms with Crippen LogP contribution in [0.1, 0.15) is 18.4 Å². The molecular weight excluding hydrogens is 281 g/mol. The average molecular weight is 302 g/mol. The molecule has 2 rings (SSSR count). The summed E-state index contributed by atoms with van der Waals surface area (Å²) in [6.45, 7) is 3.16. The molecule has 1 fully saturated rings. The highest BCUT2D eigenvalue weighted by molar-refractivity contribution is 6.38. The molecule has 1 saturated heterocycles. The highest BCUT2D eigenvalue weighted by atomic mass is 35.5. The Morgan fingerprint density at radius 2 is 2.00 bits per heavy atom. The van der Waals surface area contributed by atoms with Gasteiger partial charge < -0.3 is 10.6 Å². The van der Waals surface area contributed by atoms with E-state index >= 15 is 0 Å². The molecule has 106 valence electrons. The van der Waals surface area contributed by atoms with Crippen molar-refractivity contribution in [2.75, 3.05) is 32.9 Å². The monoisotopic (exact) mass is 301 g/mol. The zero-order valence-electron chi connectivity index (χ0n) is 11.5. The van der Waals surface area contributed by atoms with E-state index in [4.69, 9.17) is 28.9 Å². The van der Waals surface area contributed by atoms with Crippen molar-refractivity contribution in [2.24, 2.45) is 0 Å². The fraction of sp³-hybridized carbons (Fsp3) is 0.571. The lowest BCUT2D eigenvalue weighted by Gasteiger charge is -2.36. The number of hydrogen-bond donors (Lipinski definition) is 1. The minimum atomic E-state index is 0.465. The van der Waals surface area contributed by atoms with Crippen LogP contribution in [0.25, 0.3) is 0 Å². The van der Waals surface area contributed by atoms with Crippen LogP contribution in [0, 0.1) is 0 Å². The molecule has 1 aromatic carbocycles. The number of anilines is 1. The van der Waals surface area contributed by atoms with Gasteiger partial charge in [-0.15, -0.1) is 0 Å². The third kappa shape index (κ3) is 3.76. The van der Waals surface area contributed by atoms with Crippen molar-refractivity contribution >= 4 is 28.9 Å². The summed E-state index contributed by atoms with van der Waals surface area (Å²) in [5, 5.41) is 1.08. The van der Waals surface area contributed by atoms with Crippen LogP contribution in [-0.2, 0) is 6.54 Å². The first-order chi connectivity index (χ1) is 8.97. The zero-order valence-corrected chi connectivity index (χ0v) is 13.0. The highest BCUT2D eigenvalue weighted by Crippen LogP contribution is 2.29. The number of halogens is 2. The van der Waals surface area contributed by atoms with Crippen LogP contribution < -0.4 is 5.73 Å². The Hall–Kier alpha value is -0.480. The summed E-state index contributed by atoms with van der Waals surface area (Å²) >= 11 is 12.2. The number of piperidine rings is 1. The second-order valence-corrected chi connectivity index (χ2v) is 6.26. The van der Waals surface area contributed by atoms with Gasteiger partial charge in [0, 0.05) is 19.1 Å². The van der Waals surface area contributed by atoms with Gasteiger partial charge in [0.25, 0.3) is 0 Å². The predicted octanol–water partition coefficient (Wildman–Crippen LogP) is 3.10. The van der Waals surface area contributed by atoms with Crippen molar-refractivity contribution in [2.45, 2.75) is 25.4 Å². The summed E-state index contributed by atoms with van der Waals surface area (Å²) in [4.78, 5) is 4.75. The molecule has 3 nitrogen and oxygen atoms in total. The minimum Gasteiger partial charge on any atom is -0.396 e. The minimum absolute atomic E-state index is 0.465. The maximum atomic E-state index is 6.08. The lowest BCUT2D eigenvalue weighted by Crippen LogP contribution is -2.44. The Kier molecular flexibility index (Phi) is 4.96. The first-order valence-corrected chi connectivity index (χ1v) is 7.35. The molecule has 1 aromatic rings. The third-order valence-corrected chi connectivity index (χ3v) is 4.42. The van der Waals surface area contributed by atoms with E-state index in [1.807, 2.05) is 12.1 Å². The van der Waals surface area contributed by atoms with Crippen molar-refractivity contribution in [1.82, 2.24) is 9.80 Å². The molecule has 19 heavy (non-hydrogen) atoms. The third-order valence-electron chi connectivity index (χ3n) is 3.79. The molecule has 0 aliphatic carbocycles. The molecule has 0 radical (unpaired) electrons. The molecule has 0 aromatic heterocycles. The number of nitrogens with two attached hydrogens (primary N) is 1. The van der Waals surface area contributed by atoms with Crippen molar-refractivity contribution in [1.29, 1.82) is 0 Å². The number of nitrogens with zero attached hydrogens (tertiary/aromatic N) is 2. The van der Waals surface area contributed by atoms with E-state index in [0.29, 0.717) is 21.8 Å². The van der Waals surface area contributed by atoms with Gasteiger partial charge in [0.15, 0.2) is 0 Å². The topological polar surface area (TPSA) is 32.5 Å². The average Bonchev–Trinajstić information content (AvgIpc) is 2.36. The molecule has 1 unspecified atom stereocenters. The fourth-order valence-corrected chi connectivity index (χ4v) is 3.18. The van der Waals surface area contributed by atoms with Crippen molar-refractivity contribution in [3.8, 4) is 0 Å². The van der Waals surface area contributed by atoms with Crippen molar-refractivity contribution in [3.63, 3.8) is 0 Å². The van der Waals surface area contributed by atoms with E-state index in [-0.39, 0.29) is 0 Å². The standard InChI is InChI=1S/C14H21Cl2N3/c1-18-5-3-4-11(9-18)19(2)8-10-6-12(15)14(17)13(16)7-10/h6-7,11H,3-5,8-9,17H2,1-2H3. The summed E-state index contributed by atoms with van der Waals surface area (Å²) in [6, 6.07) is 4.41. The molecule has 0 bridgehead atoms. The highest BCUT2D eigenvalue weighted by Gasteiger charge is 2.21. The molecule has 1 heterocycles. The van der Waals surface area contributed by atoms with E-state index in [2.05, 4.69) is 23.9 Å². The van der Waals surface area contributed by atoms with Crippen molar-refractivity contribution < 1.29 is 0 Å². The number of likely N-dealkylation sites (tertiary alicyclic amines) is 1. The van der Waals surface area contributed by atoms with Crippen LogP contribution in [0.3, 0.4) is 0 Å². The van der Waals surface area contributed by atoms with Crippen LogP contribution >= 0.6 is 23.2 Å². The maximum Gasteiger partial charge on any atom is 0.0693 e. The Bertz CT molecular complexity index is 427. The van der Waals surface area contributed by atoms with Crippen LogP contribution in [0.2, 0.25) is 10.0 Å². The van der Waals surface area contributed by atoms with Gasteiger partial charge in [0.1, 0.15) is 0 Å². The normalized spacial score (nSPS) is 21.0. The number of nitrogen functional groups attached to an aromatic ring is 1. The molecule has 0 saturated carbocycles. The lowest BCUT2D eigenvalue weighted by atomic mass is 10.0. The number of benzene rings is 1. The quantitative estimate of drug-likeness (QED) is 0.871. The molecule has 1 aliphatic heterocycles. The SMILES string of the molecule is CN1CCCC(N(C)Cc2cc(Cl)c(N)c(Cl)c2)C1. The summed E-state index contributed by atoms with van der Waals surface area (Å²) in [7, 11) is 4.33. The molecule has 0 spiro atoms. The summed E-state index contributed by atoms with van der Waals surface area (Å²) in [5.41, 5.74) is 7.33. The van der Waals surface area contributed by atoms with E-state index < -0.39 is 0 Å². The van der Waals surface area contributed by atoms with Gasteiger partial charge in [0.2, 0.25) is 0 Å². The van der Waals surface area contributed by atoms with Gasteiger partial charge >= 0.3 is 0 Å². The van der Waals surface area contributed by atoms with Gasteiger partial charge in [0.05, 0.1) is 15.7 Å². The van der Waals surface area contributed by atoms with Gasteiger partial charge in [-0.3, -0.25) is 4.90 Å². The fourth-order valence-electron chi connectivity index (χ4n) is 2.64. The predicted molar refractivity (Wildman–Crippen MR) is 82.9 cm³/mol. The largest absolute Gasteiger partial charge is 0.396 e. The van der Waals surface area contributed by atoms with Crippen LogP contribution in [-0.4, -0.2) is 43.0 Å². The van der Waals surface area contributed by atoms with Crippen LogP contribution in [0.4, 0.5) is 5.69 Å². The van der Waals surface area contributed by atoms with Crippen molar-refractivity contribution in [3.05, 3.63) is 27.7 Å². The second kappa shape index (κ2) is 6.31. The van der Waals surface area contributed by atoms with Gasteiger partial charge in [-0.25, -0.2) is 0 Å². The second-order valence-electron chi connectivity index (χ2n) is 5.45. The molecule has 5 heteroatoms. The molecule has 1 atom stereocenters. The molecule has 2 N–H and O–H groups in total. The van der Waals surface area contributed by atoms with E-state index in [9.17, 15) is 0 Å². The smallest absolute Gasteiger partial charge is 0.0693 e. The molecule has 0 amide bonds. The Labute approximate surface area is 125 Å². The molecule has 1 aliphatic rings. The Morgan fingerprint density at radius 1 is 1.37 bits per heavy atom. The Balaban J connectivity index is 2.04. The van der Waals surface area contributed by atoms with Gasteiger partial charge in [-0.05, 0) is 51.2 Å². The summed E-state index contributed by atoms with van der Waals surface area (Å²) in [5.74, 6) is 0. The first kappa shape index (κ1) is 14.9. The maximum absolute atomic E-state index is 6.08. The Morgan fingerprint density at radius 3 is 2.58 bits per heavy atom. The lowest BCUT2D eigenvalue weighted by molar-refractivity contribution is 0.129. The summed E-state index contributed by atoms with van der Waals surface area (Å²) < 4.78 is 0. The van der Waals surface area contributed by atoms with Crippen LogP contribution in [0.15, 0.2) is 12.1 Å². The molecular formula is C14H21Cl2N3.